The van der Waals surface area contributed by atoms with Gasteiger partial charge in [-0.15, -0.1) is 0 Å². The molecule has 3 nitrogen and oxygen atoms in total. The maximum atomic E-state index is 10.8. The van der Waals surface area contributed by atoms with Crippen LogP contribution in [0, 0.1) is 0 Å². The molecule has 4 heteroatoms. The number of hydrogen-bond donors (Lipinski definition) is 1. The van der Waals surface area contributed by atoms with E-state index >= 15 is 0 Å². The summed E-state index contributed by atoms with van der Waals surface area (Å²) >= 11 is 6.19. The summed E-state index contributed by atoms with van der Waals surface area (Å²) < 4.78 is 0. The summed E-state index contributed by atoms with van der Waals surface area (Å²) in [5.74, 6) is -0.408. The van der Waals surface area contributed by atoms with E-state index in [1.165, 1.54) is 19.0 Å². The summed E-state index contributed by atoms with van der Waals surface area (Å²) in [4.78, 5) is 15.0. The van der Waals surface area contributed by atoms with Crippen molar-refractivity contribution in [3.63, 3.8) is 0 Å². The highest BCUT2D eigenvalue weighted by Gasteiger charge is 2.26. The molecule has 0 aliphatic heterocycles. The molecule has 0 atom stereocenters. The Kier molecular flexibility index (Phi) is 2.30. The average molecular weight is 248 g/mol. The van der Waals surface area contributed by atoms with Crippen molar-refractivity contribution in [2.24, 2.45) is 0 Å². The molecule has 0 amide bonds. The van der Waals surface area contributed by atoms with Gasteiger partial charge >= 0.3 is 5.97 Å². The van der Waals surface area contributed by atoms with Gasteiger partial charge in [0.2, 0.25) is 0 Å². The number of halogens is 1. The molecule has 2 aromatic rings. The van der Waals surface area contributed by atoms with Crippen molar-refractivity contribution in [2.45, 2.75) is 18.8 Å². The Hall–Kier alpha value is -1.61. The molecule has 86 valence electrons. The molecule has 0 radical (unpaired) electrons. The molecular formula is C13H10ClNO2. The Morgan fingerprint density at radius 2 is 2.12 bits per heavy atom. The van der Waals surface area contributed by atoms with Crippen molar-refractivity contribution in [1.29, 1.82) is 0 Å². The predicted molar refractivity (Wildman–Crippen MR) is 65.7 cm³/mol. The molecule has 1 aliphatic carbocycles. The lowest BCUT2D eigenvalue weighted by atomic mass is 10.1. The van der Waals surface area contributed by atoms with Crippen LogP contribution in [0.5, 0.6) is 0 Å². The molecular weight excluding hydrogens is 238 g/mol. The summed E-state index contributed by atoms with van der Waals surface area (Å²) in [5.41, 5.74) is 2.13. The number of carbonyl (C=O) groups is 1. The number of carboxylic acid groups (broad SMARTS) is 1. The molecule has 1 fully saturated rings. The highest BCUT2D eigenvalue weighted by molar-refractivity contribution is 6.32. The predicted octanol–water partition coefficient (Wildman–Crippen LogP) is 3.46. The van der Waals surface area contributed by atoms with Crippen molar-refractivity contribution in [3.8, 4) is 0 Å². The monoisotopic (exact) mass is 247 g/mol. The van der Waals surface area contributed by atoms with Gasteiger partial charge in [-0.3, -0.25) is 4.98 Å². The van der Waals surface area contributed by atoms with Crippen molar-refractivity contribution in [2.75, 3.05) is 0 Å². The second-order valence-electron chi connectivity index (χ2n) is 4.37. The molecule has 0 saturated heterocycles. The Labute approximate surface area is 103 Å². The fraction of sp³-hybridized carbons (Fsp3) is 0.231. The van der Waals surface area contributed by atoms with Gasteiger partial charge in [0.1, 0.15) is 0 Å². The van der Waals surface area contributed by atoms with Gasteiger partial charge in [0.15, 0.2) is 0 Å². The Morgan fingerprint density at radius 3 is 2.76 bits per heavy atom. The maximum absolute atomic E-state index is 10.8. The first-order chi connectivity index (χ1) is 8.15. The number of pyridine rings is 1. The molecule has 3 rings (SSSR count). The SMILES string of the molecule is O=C(O)c1cnc2cc(C3CC3)c(Cl)cc2c1. The van der Waals surface area contributed by atoms with Gasteiger partial charge in [0, 0.05) is 16.6 Å². The van der Waals surface area contributed by atoms with Crippen molar-refractivity contribution >= 4 is 28.5 Å². The van der Waals surface area contributed by atoms with Gasteiger partial charge in [-0.05, 0) is 42.5 Å². The number of aromatic carboxylic acids is 1. The van der Waals surface area contributed by atoms with Crippen LogP contribution in [0.3, 0.4) is 0 Å². The highest BCUT2D eigenvalue weighted by atomic mass is 35.5. The van der Waals surface area contributed by atoms with E-state index in [1.54, 1.807) is 6.07 Å². The van der Waals surface area contributed by atoms with Crippen LogP contribution in [0.25, 0.3) is 10.9 Å². The summed E-state index contributed by atoms with van der Waals surface area (Å²) in [5, 5.41) is 10.4. The Balaban J connectivity index is 2.18. The van der Waals surface area contributed by atoms with Crippen LogP contribution in [0.15, 0.2) is 24.4 Å². The van der Waals surface area contributed by atoms with Crippen molar-refractivity contribution in [3.05, 3.63) is 40.5 Å². The van der Waals surface area contributed by atoms with Crippen LogP contribution >= 0.6 is 11.6 Å². The molecule has 1 aliphatic rings. The first-order valence-corrected chi connectivity index (χ1v) is 5.85. The maximum Gasteiger partial charge on any atom is 0.337 e. The van der Waals surface area contributed by atoms with Crippen LogP contribution < -0.4 is 0 Å². The number of rotatable bonds is 2. The van der Waals surface area contributed by atoms with Gasteiger partial charge in [-0.25, -0.2) is 4.79 Å². The molecule has 0 bridgehead atoms. The number of aromatic nitrogens is 1. The van der Waals surface area contributed by atoms with Gasteiger partial charge in [0.05, 0.1) is 11.1 Å². The van der Waals surface area contributed by atoms with Gasteiger partial charge in [0.25, 0.3) is 0 Å². The minimum atomic E-state index is -0.971. The van der Waals surface area contributed by atoms with Crippen LogP contribution in [0.4, 0.5) is 0 Å². The lowest BCUT2D eigenvalue weighted by Crippen LogP contribution is -1.97. The molecule has 17 heavy (non-hydrogen) atoms. The molecule has 0 unspecified atom stereocenters. The summed E-state index contributed by atoms with van der Waals surface area (Å²) in [6.07, 6.45) is 3.74. The molecule has 1 heterocycles. The Bertz CT molecular complexity index is 620. The van der Waals surface area contributed by atoms with E-state index in [0.717, 1.165) is 16.5 Å². The van der Waals surface area contributed by atoms with E-state index in [-0.39, 0.29) is 5.56 Å². The summed E-state index contributed by atoms with van der Waals surface area (Å²) in [6.45, 7) is 0. The first kappa shape index (κ1) is 10.5. The number of nitrogens with zero attached hydrogens (tertiary/aromatic N) is 1. The third-order valence-corrected chi connectivity index (χ3v) is 3.39. The molecule has 1 aromatic carbocycles. The van der Waals surface area contributed by atoms with Crippen LogP contribution in [-0.4, -0.2) is 16.1 Å². The van der Waals surface area contributed by atoms with E-state index in [1.807, 2.05) is 12.1 Å². The van der Waals surface area contributed by atoms with Crippen LogP contribution in [0.1, 0.15) is 34.7 Å². The van der Waals surface area contributed by atoms with E-state index in [9.17, 15) is 4.79 Å². The third-order valence-electron chi connectivity index (χ3n) is 3.06. The minimum Gasteiger partial charge on any atom is -0.478 e. The van der Waals surface area contributed by atoms with Gasteiger partial charge in [-0.1, -0.05) is 11.6 Å². The van der Waals surface area contributed by atoms with Gasteiger partial charge in [-0.2, -0.15) is 0 Å². The quantitative estimate of drug-likeness (QED) is 0.884. The van der Waals surface area contributed by atoms with E-state index < -0.39 is 5.97 Å². The second kappa shape index (κ2) is 3.70. The van der Waals surface area contributed by atoms with E-state index in [0.29, 0.717) is 10.9 Å². The zero-order valence-electron chi connectivity index (χ0n) is 8.98. The largest absolute Gasteiger partial charge is 0.478 e. The van der Waals surface area contributed by atoms with E-state index in [4.69, 9.17) is 16.7 Å². The van der Waals surface area contributed by atoms with Crippen molar-refractivity contribution < 1.29 is 9.90 Å². The number of benzene rings is 1. The lowest BCUT2D eigenvalue weighted by molar-refractivity contribution is 0.0696. The zero-order chi connectivity index (χ0) is 12.0. The van der Waals surface area contributed by atoms with E-state index in [2.05, 4.69) is 4.98 Å². The fourth-order valence-electron chi connectivity index (χ4n) is 1.99. The topological polar surface area (TPSA) is 50.2 Å². The summed E-state index contributed by atoms with van der Waals surface area (Å²) in [7, 11) is 0. The number of fused-ring (bicyclic) bond motifs is 1. The minimum absolute atomic E-state index is 0.188. The molecule has 1 N–H and O–H groups in total. The molecule has 1 aromatic heterocycles. The standard InChI is InChI=1S/C13H10ClNO2/c14-11-4-8-3-9(13(16)17)6-15-12(8)5-10(11)7-1-2-7/h3-7H,1-2H2,(H,16,17). The Morgan fingerprint density at radius 1 is 1.35 bits per heavy atom. The third kappa shape index (κ3) is 1.87. The van der Waals surface area contributed by atoms with Crippen molar-refractivity contribution in [1.82, 2.24) is 4.98 Å². The summed E-state index contributed by atoms with van der Waals surface area (Å²) in [6, 6.07) is 5.39. The average Bonchev–Trinajstić information content (AvgIpc) is 3.11. The first-order valence-electron chi connectivity index (χ1n) is 5.47. The number of carboxylic acids is 1. The fourth-order valence-corrected chi connectivity index (χ4v) is 2.32. The number of hydrogen-bond acceptors (Lipinski definition) is 2. The van der Waals surface area contributed by atoms with Crippen LogP contribution in [-0.2, 0) is 0 Å². The second-order valence-corrected chi connectivity index (χ2v) is 4.78. The zero-order valence-corrected chi connectivity index (χ0v) is 9.74. The smallest absolute Gasteiger partial charge is 0.337 e. The highest BCUT2D eigenvalue weighted by Crippen LogP contribution is 2.44. The van der Waals surface area contributed by atoms with Gasteiger partial charge < -0.3 is 5.11 Å². The molecule has 0 spiro atoms. The molecule has 1 saturated carbocycles. The normalized spacial score (nSPS) is 15.1. The lowest BCUT2D eigenvalue weighted by Gasteiger charge is -2.05. The van der Waals surface area contributed by atoms with Crippen LogP contribution in [0.2, 0.25) is 5.02 Å².